The van der Waals surface area contributed by atoms with Crippen LogP contribution in [0.15, 0.2) is 48.7 Å². The molecule has 24 heavy (non-hydrogen) atoms. The van der Waals surface area contributed by atoms with E-state index in [0.29, 0.717) is 11.9 Å². The molecular weight excluding hydrogens is 304 g/mol. The van der Waals surface area contributed by atoms with Gasteiger partial charge in [-0.25, -0.2) is 4.98 Å². The number of nitro groups is 1. The molecule has 6 heteroatoms. The highest BCUT2D eigenvalue weighted by Gasteiger charge is 2.16. The largest absolute Gasteiger partial charge is 0.368 e. The number of anilines is 1. The maximum Gasteiger partial charge on any atom is 0.287 e. The predicted molar refractivity (Wildman–Crippen MR) is 96.2 cm³/mol. The molecule has 1 heterocycles. The predicted octanol–water partition coefficient (Wildman–Crippen LogP) is 3.35. The van der Waals surface area contributed by atoms with Gasteiger partial charge in [0.25, 0.3) is 5.69 Å². The van der Waals surface area contributed by atoms with Gasteiger partial charge in [0.15, 0.2) is 0 Å². The average molecular weight is 328 g/mol. The minimum absolute atomic E-state index is 0.00475. The summed E-state index contributed by atoms with van der Waals surface area (Å²) in [5.41, 5.74) is 1.30. The molecule has 0 spiro atoms. The summed E-state index contributed by atoms with van der Waals surface area (Å²) in [6, 6.07) is 13.9. The first-order chi connectivity index (χ1) is 11.6. The van der Waals surface area contributed by atoms with Crippen molar-refractivity contribution in [2.45, 2.75) is 26.3 Å². The van der Waals surface area contributed by atoms with Crippen LogP contribution in [-0.4, -0.2) is 40.5 Å². The summed E-state index contributed by atoms with van der Waals surface area (Å²) in [6.45, 7) is 7.01. The second-order valence-electron chi connectivity index (χ2n) is 5.60. The van der Waals surface area contributed by atoms with Crippen molar-refractivity contribution >= 4 is 11.5 Å². The van der Waals surface area contributed by atoms with Crippen LogP contribution in [0.2, 0.25) is 0 Å². The molecule has 0 saturated carbocycles. The summed E-state index contributed by atoms with van der Waals surface area (Å²) < 4.78 is 0. The van der Waals surface area contributed by atoms with E-state index in [1.807, 2.05) is 6.07 Å². The number of nitrogens with zero attached hydrogens (tertiary/aromatic N) is 3. The Morgan fingerprint density at radius 2 is 1.88 bits per heavy atom. The van der Waals surface area contributed by atoms with Crippen LogP contribution in [-0.2, 0) is 6.42 Å². The van der Waals surface area contributed by atoms with Crippen LogP contribution in [0.25, 0.3) is 0 Å². The molecule has 0 aliphatic carbocycles. The smallest absolute Gasteiger partial charge is 0.287 e. The van der Waals surface area contributed by atoms with Crippen molar-refractivity contribution < 1.29 is 4.92 Å². The highest BCUT2D eigenvalue weighted by atomic mass is 16.6. The van der Waals surface area contributed by atoms with Gasteiger partial charge in [-0.2, -0.15) is 0 Å². The summed E-state index contributed by atoms with van der Waals surface area (Å²) in [4.78, 5) is 16.8. The molecular formula is C18H24N4O2. The Bertz CT molecular complexity index is 627. The zero-order valence-corrected chi connectivity index (χ0v) is 14.2. The third kappa shape index (κ3) is 5.03. The van der Waals surface area contributed by atoms with Gasteiger partial charge < -0.3 is 5.32 Å². The number of hydrogen-bond acceptors (Lipinski definition) is 5. The SMILES string of the molecule is CCN(CC)C(CNc1ccc([N+](=O)[O-])cn1)Cc1ccccc1. The molecule has 0 bridgehead atoms. The molecule has 128 valence electrons. The van der Waals surface area contributed by atoms with Crippen molar-refractivity contribution in [3.05, 3.63) is 64.3 Å². The Morgan fingerprint density at radius 1 is 1.17 bits per heavy atom. The Balaban J connectivity index is 2.03. The molecule has 0 aliphatic heterocycles. The van der Waals surface area contributed by atoms with Crippen molar-refractivity contribution in [2.75, 3.05) is 25.0 Å². The molecule has 0 aliphatic rings. The minimum Gasteiger partial charge on any atom is -0.368 e. The lowest BCUT2D eigenvalue weighted by atomic mass is 10.0. The molecule has 2 rings (SSSR count). The molecule has 1 unspecified atom stereocenters. The fourth-order valence-electron chi connectivity index (χ4n) is 2.78. The zero-order chi connectivity index (χ0) is 17.4. The van der Waals surface area contributed by atoms with Gasteiger partial charge in [0.05, 0.1) is 4.92 Å². The first-order valence-corrected chi connectivity index (χ1v) is 8.26. The summed E-state index contributed by atoms with van der Waals surface area (Å²) in [5.74, 6) is 0.658. The zero-order valence-electron chi connectivity index (χ0n) is 14.2. The molecule has 1 aromatic heterocycles. The van der Waals surface area contributed by atoms with Crippen LogP contribution in [0.3, 0.4) is 0 Å². The van der Waals surface area contributed by atoms with Crippen LogP contribution in [0.4, 0.5) is 11.5 Å². The molecule has 0 fully saturated rings. The molecule has 6 nitrogen and oxygen atoms in total. The topological polar surface area (TPSA) is 71.3 Å². The summed E-state index contributed by atoms with van der Waals surface area (Å²) >= 11 is 0. The first kappa shape index (κ1) is 17.9. The number of hydrogen-bond donors (Lipinski definition) is 1. The molecule has 1 N–H and O–H groups in total. The number of pyridine rings is 1. The van der Waals surface area contributed by atoms with Crippen LogP contribution < -0.4 is 5.32 Å². The third-order valence-electron chi connectivity index (χ3n) is 4.12. The van der Waals surface area contributed by atoms with E-state index in [9.17, 15) is 10.1 Å². The van der Waals surface area contributed by atoms with Crippen molar-refractivity contribution in [3.63, 3.8) is 0 Å². The number of likely N-dealkylation sites (N-methyl/N-ethyl adjacent to an activating group) is 1. The van der Waals surface area contributed by atoms with Crippen LogP contribution in [0.1, 0.15) is 19.4 Å². The van der Waals surface area contributed by atoms with Crippen LogP contribution in [0, 0.1) is 10.1 Å². The minimum atomic E-state index is -0.440. The molecule has 0 radical (unpaired) electrons. The van der Waals surface area contributed by atoms with Gasteiger partial charge in [-0.15, -0.1) is 0 Å². The average Bonchev–Trinajstić information content (AvgIpc) is 2.61. The van der Waals surface area contributed by atoms with Gasteiger partial charge in [-0.3, -0.25) is 15.0 Å². The quantitative estimate of drug-likeness (QED) is 0.564. The van der Waals surface area contributed by atoms with Gasteiger partial charge >= 0.3 is 0 Å². The second-order valence-corrected chi connectivity index (χ2v) is 5.60. The van der Waals surface area contributed by atoms with Gasteiger partial charge in [0.2, 0.25) is 0 Å². The Morgan fingerprint density at radius 3 is 2.42 bits per heavy atom. The lowest BCUT2D eigenvalue weighted by Crippen LogP contribution is -2.41. The van der Waals surface area contributed by atoms with Gasteiger partial charge in [-0.05, 0) is 31.1 Å². The molecule has 2 aromatic rings. The van der Waals surface area contributed by atoms with E-state index in [1.54, 1.807) is 6.07 Å². The fourth-order valence-corrected chi connectivity index (χ4v) is 2.78. The second kappa shape index (κ2) is 8.98. The lowest BCUT2D eigenvalue weighted by molar-refractivity contribution is -0.385. The highest BCUT2D eigenvalue weighted by Crippen LogP contribution is 2.14. The third-order valence-corrected chi connectivity index (χ3v) is 4.12. The van der Waals surface area contributed by atoms with Crippen molar-refractivity contribution in [1.29, 1.82) is 0 Å². The number of aromatic nitrogens is 1. The Hall–Kier alpha value is -2.47. The van der Waals surface area contributed by atoms with Crippen molar-refractivity contribution in [3.8, 4) is 0 Å². The normalized spacial score (nSPS) is 12.1. The first-order valence-electron chi connectivity index (χ1n) is 8.26. The maximum absolute atomic E-state index is 10.7. The summed E-state index contributed by atoms with van der Waals surface area (Å²) in [7, 11) is 0. The molecule has 1 atom stereocenters. The number of nitrogens with one attached hydrogen (secondary N) is 1. The molecule has 0 amide bonds. The van der Waals surface area contributed by atoms with Crippen LogP contribution >= 0.6 is 0 Å². The van der Waals surface area contributed by atoms with E-state index < -0.39 is 4.92 Å². The van der Waals surface area contributed by atoms with Crippen molar-refractivity contribution in [1.82, 2.24) is 9.88 Å². The highest BCUT2D eigenvalue weighted by molar-refractivity contribution is 5.40. The standard InChI is InChI=1S/C18H24N4O2/c1-3-21(4-2)17(12-15-8-6-5-7-9-15)14-20-18-11-10-16(13-19-18)22(23)24/h5-11,13,17H,3-4,12,14H2,1-2H3,(H,19,20). The van der Waals surface area contributed by atoms with Gasteiger partial charge in [-0.1, -0.05) is 44.2 Å². The van der Waals surface area contributed by atoms with Gasteiger partial charge in [0, 0.05) is 18.7 Å². The maximum atomic E-state index is 10.7. The van der Waals surface area contributed by atoms with E-state index in [2.05, 4.69) is 53.3 Å². The number of benzene rings is 1. The monoisotopic (exact) mass is 328 g/mol. The van der Waals surface area contributed by atoms with E-state index in [-0.39, 0.29) is 5.69 Å². The Kier molecular flexibility index (Phi) is 6.69. The Labute approximate surface area is 142 Å². The lowest BCUT2D eigenvalue weighted by Gasteiger charge is -2.30. The summed E-state index contributed by atoms with van der Waals surface area (Å²) in [6.07, 6.45) is 2.23. The fraction of sp³-hybridized carbons (Fsp3) is 0.389. The van der Waals surface area contributed by atoms with E-state index >= 15 is 0 Å². The molecule has 0 saturated heterocycles. The van der Waals surface area contributed by atoms with E-state index in [1.165, 1.54) is 17.8 Å². The summed E-state index contributed by atoms with van der Waals surface area (Å²) in [5, 5.41) is 14.0. The van der Waals surface area contributed by atoms with Gasteiger partial charge in [0.1, 0.15) is 12.0 Å². The van der Waals surface area contributed by atoms with Crippen LogP contribution in [0.5, 0.6) is 0 Å². The van der Waals surface area contributed by atoms with Crippen molar-refractivity contribution in [2.24, 2.45) is 0 Å². The van der Waals surface area contributed by atoms with E-state index in [4.69, 9.17) is 0 Å². The van der Waals surface area contributed by atoms with E-state index in [0.717, 1.165) is 26.1 Å². The molecule has 1 aromatic carbocycles. The number of rotatable bonds is 9.